The Morgan fingerprint density at radius 2 is 2.14 bits per heavy atom. The maximum absolute atomic E-state index is 11.7. The van der Waals surface area contributed by atoms with Crippen molar-refractivity contribution in [2.45, 2.75) is 18.4 Å². The van der Waals surface area contributed by atoms with E-state index in [0.29, 0.717) is 6.61 Å². The van der Waals surface area contributed by atoms with E-state index in [1.54, 1.807) is 0 Å². The molecule has 1 spiro atoms. The first-order valence-electron chi connectivity index (χ1n) is 7.44. The number of anilines is 1. The summed E-state index contributed by atoms with van der Waals surface area (Å²) in [6.07, 6.45) is 4.95. The monoisotopic (exact) mass is 287 g/mol. The van der Waals surface area contributed by atoms with Crippen molar-refractivity contribution in [3.63, 3.8) is 0 Å². The lowest BCUT2D eigenvalue weighted by Crippen LogP contribution is -2.57. The highest BCUT2D eigenvalue weighted by molar-refractivity contribution is 5.87. The summed E-state index contributed by atoms with van der Waals surface area (Å²) in [5.74, 6) is 1.02. The number of morpholine rings is 1. The van der Waals surface area contributed by atoms with E-state index in [0.717, 1.165) is 44.8 Å². The minimum atomic E-state index is -0.145. The summed E-state index contributed by atoms with van der Waals surface area (Å²) in [7, 11) is 0. The van der Waals surface area contributed by atoms with Crippen LogP contribution in [0.25, 0.3) is 0 Å². The number of likely N-dealkylation sites (tertiary alicyclic amines) is 1. The first-order valence-corrected chi connectivity index (χ1v) is 7.44. The minimum Gasteiger partial charge on any atom is -0.371 e. The molecule has 112 valence electrons. The average molecular weight is 287 g/mol. The van der Waals surface area contributed by atoms with Crippen LogP contribution in [0, 0.1) is 0 Å². The largest absolute Gasteiger partial charge is 0.371 e. The van der Waals surface area contributed by atoms with Gasteiger partial charge >= 0.3 is 0 Å². The molecule has 5 heteroatoms. The van der Waals surface area contributed by atoms with Crippen LogP contribution in [-0.4, -0.2) is 54.2 Å². The van der Waals surface area contributed by atoms with Crippen LogP contribution >= 0.6 is 0 Å². The van der Waals surface area contributed by atoms with Crippen LogP contribution in [-0.2, 0) is 9.53 Å². The number of amides is 1. The Kier molecular flexibility index (Phi) is 3.92. The molecule has 21 heavy (non-hydrogen) atoms. The number of carbonyl (C=O) groups excluding carboxylic acids is 1. The molecule has 2 aliphatic heterocycles. The van der Waals surface area contributed by atoms with Gasteiger partial charge in [-0.05, 0) is 31.1 Å². The Balaban J connectivity index is 1.67. The van der Waals surface area contributed by atoms with Crippen LogP contribution in [0.4, 0.5) is 5.82 Å². The highest BCUT2D eigenvalue weighted by Crippen LogP contribution is 2.31. The van der Waals surface area contributed by atoms with E-state index in [4.69, 9.17) is 4.74 Å². The lowest BCUT2D eigenvalue weighted by Gasteiger charge is -2.47. The number of hydrogen-bond donors (Lipinski definition) is 0. The van der Waals surface area contributed by atoms with Gasteiger partial charge in [0.25, 0.3) is 0 Å². The first-order chi connectivity index (χ1) is 10.2. The fourth-order valence-corrected chi connectivity index (χ4v) is 3.15. The normalized spacial score (nSPS) is 21.3. The SMILES string of the molecule is C=CC(=O)N1CCC2(CC1)CN(c1ccccn1)CCO2. The molecule has 2 aliphatic rings. The summed E-state index contributed by atoms with van der Waals surface area (Å²) in [5.41, 5.74) is -0.145. The van der Waals surface area contributed by atoms with Gasteiger partial charge in [-0.2, -0.15) is 0 Å². The van der Waals surface area contributed by atoms with Crippen molar-refractivity contribution < 1.29 is 9.53 Å². The molecule has 2 fully saturated rings. The molecule has 1 aromatic heterocycles. The standard InChI is InChI=1S/C16H21N3O2/c1-2-15(20)18-9-6-16(7-10-18)13-19(11-12-21-16)14-5-3-4-8-17-14/h2-5,8H,1,6-7,9-13H2. The van der Waals surface area contributed by atoms with Gasteiger partial charge in [-0.1, -0.05) is 12.6 Å². The summed E-state index contributed by atoms with van der Waals surface area (Å²) in [6.45, 7) is 7.46. The van der Waals surface area contributed by atoms with Crippen molar-refractivity contribution in [3.8, 4) is 0 Å². The summed E-state index contributed by atoms with van der Waals surface area (Å²) in [5, 5.41) is 0. The van der Waals surface area contributed by atoms with Crippen molar-refractivity contribution in [2.24, 2.45) is 0 Å². The van der Waals surface area contributed by atoms with E-state index in [2.05, 4.69) is 16.5 Å². The van der Waals surface area contributed by atoms with E-state index in [-0.39, 0.29) is 11.5 Å². The smallest absolute Gasteiger partial charge is 0.245 e. The number of piperidine rings is 1. The van der Waals surface area contributed by atoms with Crippen LogP contribution in [0.5, 0.6) is 0 Å². The molecule has 1 aromatic rings. The molecule has 2 saturated heterocycles. The highest BCUT2D eigenvalue weighted by atomic mass is 16.5. The number of pyridine rings is 1. The zero-order valence-electron chi connectivity index (χ0n) is 12.2. The number of rotatable bonds is 2. The number of hydrogen-bond acceptors (Lipinski definition) is 4. The fraction of sp³-hybridized carbons (Fsp3) is 0.500. The molecule has 3 heterocycles. The van der Waals surface area contributed by atoms with Crippen LogP contribution in [0.1, 0.15) is 12.8 Å². The van der Waals surface area contributed by atoms with Gasteiger partial charge in [-0.25, -0.2) is 4.98 Å². The Morgan fingerprint density at radius 1 is 1.33 bits per heavy atom. The predicted octanol–water partition coefficient (Wildman–Crippen LogP) is 1.47. The summed E-state index contributed by atoms with van der Waals surface area (Å²) >= 11 is 0. The molecule has 0 atom stereocenters. The maximum atomic E-state index is 11.7. The van der Waals surface area contributed by atoms with Crippen LogP contribution in [0.3, 0.4) is 0 Å². The average Bonchev–Trinajstić information content (AvgIpc) is 2.56. The molecule has 0 aliphatic carbocycles. The highest BCUT2D eigenvalue weighted by Gasteiger charge is 2.40. The topological polar surface area (TPSA) is 45.7 Å². The number of aromatic nitrogens is 1. The van der Waals surface area contributed by atoms with Crippen LogP contribution in [0.2, 0.25) is 0 Å². The molecule has 1 amide bonds. The molecule has 0 saturated carbocycles. The third-order valence-corrected chi connectivity index (χ3v) is 4.38. The number of carbonyl (C=O) groups is 1. The molecule has 3 rings (SSSR count). The molecule has 0 aromatic carbocycles. The van der Waals surface area contributed by atoms with Gasteiger partial charge in [0.2, 0.25) is 5.91 Å². The Morgan fingerprint density at radius 3 is 2.81 bits per heavy atom. The van der Waals surface area contributed by atoms with Gasteiger partial charge in [-0.3, -0.25) is 4.79 Å². The van der Waals surface area contributed by atoms with Crippen molar-refractivity contribution in [2.75, 3.05) is 37.7 Å². The zero-order chi connectivity index (χ0) is 14.7. The van der Waals surface area contributed by atoms with Gasteiger partial charge < -0.3 is 14.5 Å². The van der Waals surface area contributed by atoms with Crippen LogP contribution < -0.4 is 4.90 Å². The molecule has 0 N–H and O–H groups in total. The number of ether oxygens (including phenoxy) is 1. The quantitative estimate of drug-likeness (QED) is 0.773. The summed E-state index contributed by atoms with van der Waals surface area (Å²) in [6, 6.07) is 5.98. The van der Waals surface area contributed by atoms with Gasteiger partial charge in [0.15, 0.2) is 0 Å². The van der Waals surface area contributed by atoms with Gasteiger partial charge in [0.1, 0.15) is 5.82 Å². The lowest BCUT2D eigenvalue weighted by atomic mass is 9.89. The summed E-state index contributed by atoms with van der Waals surface area (Å²) in [4.78, 5) is 20.2. The predicted molar refractivity (Wildman–Crippen MR) is 81.1 cm³/mol. The van der Waals surface area contributed by atoms with Crippen LogP contribution in [0.15, 0.2) is 37.1 Å². The second-order valence-corrected chi connectivity index (χ2v) is 5.67. The van der Waals surface area contributed by atoms with Crippen molar-refractivity contribution in [1.29, 1.82) is 0 Å². The third kappa shape index (κ3) is 2.93. The third-order valence-electron chi connectivity index (χ3n) is 4.38. The lowest BCUT2D eigenvalue weighted by molar-refractivity contribution is -0.134. The molecule has 0 radical (unpaired) electrons. The fourth-order valence-electron chi connectivity index (χ4n) is 3.15. The molecular weight excluding hydrogens is 266 g/mol. The Labute approximate surface area is 125 Å². The second kappa shape index (κ2) is 5.85. The van der Waals surface area contributed by atoms with Crippen molar-refractivity contribution >= 4 is 11.7 Å². The minimum absolute atomic E-state index is 0.0160. The number of nitrogens with zero attached hydrogens (tertiary/aromatic N) is 3. The van der Waals surface area contributed by atoms with Crippen molar-refractivity contribution in [1.82, 2.24) is 9.88 Å². The first kappa shape index (κ1) is 14.1. The van der Waals surface area contributed by atoms with E-state index < -0.39 is 0 Å². The van der Waals surface area contributed by atoms with Gasteiger partial charge in [-0.15, -0.1) is 0 Å². The Bertz CT molecular complexity index is 510. The van der Waals surface area contributed by atoms with Gasteiger partial charge in [0, 0.05) is 32.4 Å². The molecule has 5 nitrogen and oxygen atoms in total. The molecular formula is C16H21N3O2. The molecule has 0 unspecified atom stereocenters. The zero-order valence-corrected chi connectivity index (χ0v) is 12.2. The maximum Gasteiger partial charge on any atom is 0.245 e. The van der Waals surface area contributed by atoms with E-state index >= 15 is 0 Å². The molecule has 0 bridgehead atoms. The van der Waals surface area contributed by atoms with E-state index in [1.165, 1.54) is 6.08 Å². The van der Waals surface area contributed by atoms with E-state index in [1.807, 2.05) is 29.3 Å². The van der Waals surface area contributed by atoms with E-state index in [9.17, 15) is 4.79 Å². The second-order valence-electron chi connectivity index (χ2n) is 5.67. The van der Waals surface area contributed by atoms with Crippen molar-refractivity contribution in [3.05, 3.63) is 37.1 Å². The van der Waals surface area contributed by atoms with Gasteiger partial charge in [0.05, 0.1) is 12.2 Å². The Hall–Kier alpha value is -1.88. The summed E-state index contributed by atoms with van der Waals surface area (Å²) < 4.78 is 6.09.